The number of hydrogen-bond acceptors (Lipinski definition) is 4. The summed E-state index contributed by atoms with van der Waals surface area (Å²) in [7, 11) is 0. The average molecular weight is 358 g/mol. The Balaban J connectivity index is 1.17. The number of carbonyl (C=O) groups is 1. The molecule has 1 amide bonds. The van der Waals surface area contributed by atoms with E-state index >= 15 is 0 Å². The van der Waals surface area contributed by atoms with Gasteiger partial charge in [-0.2, -0.15) is 0 Å². The third kappa shape index (κ3) is 3.20. The molecule has 1 aliphatic carbocycles. The predicted octanol–water partition coefficient (Wildman–Crippen LogP) is 2.59. The summed E-state index contributed by atoms with van der Waals surface area (Å²) in [6.07, 6.45) is 6.98. The lowest BCUT2D eigenvalue weighted by Crippen LogP contribution is -2.36. The summed E-state index contributed by atoms with van der Waals surface area (Å²) in [5.41, 5.74) is 1.26. The van der Waals surface area contributed by atoms with Crippen molar-refractivity contribution in [2.24, 2.45) is 17.8 Å². The minimum atomic E-state index is 0.112. The van der Waals surface area contributed by atoms with Crippen molar-refractivity contribution in [3.63, 3.8) is 0 Å². The van der Waals surface area contributed by atoms with Gasteiger partial charge in [0, 0.05) is 45.8 Å². The number of aryl methyl sites for hydroxylation is 2. The summed E-state index contributed by atoms with van der Waals surface area (Å²) >= 11 is 0. The summed E-state index contributed by atoms with van der Waals surface area (Å²) in [6, 6.07) is 2.01. The van der Waals surface area contributed by atoms with Crippen molar-refractivity contribution in [3.05, 3.63) is 23.2 Å². The fraction of sp³-hybridized carbons (Fsp3) is 0.762. The summed E-state index contributed by atoms with van der Waals surface area (Å²) in [5, 5.41) is 0. The highest BCUT2D eigenvalue weighted by molar-refractivity contribution is 5.92. The van der Waals surface area contributed by atoms with Gasteiger partial charge in [0.1, 0.15) is 5.76 Å². The second kappa shape index (κ2) is 7.01. The highest BCUT2D eigenvalue weighted by atomic mass is 16.5. The van der Waals surface area contributed by atoms with Crippen LogP contribution in [0.4, 0.5) is 0 Å². The number of ether oxygens (including phenoxy) is 1. The number of nitrogens with zero attached hydrogens (tertiary/aromatic N) is 2. The number of hydrogen-bond donors (Lipinski definition) is 0. The minimum Gasteiger partial charge on any atom is -0.456 e. The van der Waals surface area contributed by atoms with E-state index in [0.29, 0.717) is 23.5 Å². The number of amides is 1. The molecule has 3 saturated heterocycles. The molecule has 0 aromatic carbocycles. The molecular weight excluding hydrogens is 328 g/mol. The molecule has 3 atom stereocenters. The van der Waals surface area contributed by atoms with Crippen LogP contribution in [0.1, 0.15) is 47.6 Å². The van der Waals surface area contributed by atoms with Gasteiger partial charge in [-0.25, -0.2) is 0 Å². The lowest BCUT2D eigenvalue weighted by Gasteiger charge is -2.28. The van der Waals surface area contributed by atoms with Crippen molar-refractivity contribution in [3.8, 4) is 0 Å². The maximum Gasteiger partial charge on any atom is 0.289 e. The molecule has 0 bridgehead atoms. The minimum absolute atomic E-state index is 0.112. The van der Waals surface area contributed by atoms with Crippen molar-refractivity contribution < 1.29 is 13.9 Å². The molecule has 0 saturated carbocycles. The van der Waals surface area contributed by atoms with Gasteiger partial charge in [0.15, 0.2) is 5.76 Å². The fourth-order valence-corrected chi connectivity index (χ4v) is 5.47. The molecule has 1 unspecified atom stereocenters. The Morgan fingerprint density at radius 1 is 1.08 bits per heavy atom. The molecule has 3 fully saturated rings. The molecule has 5 heteroatoms. The summed E-state index contributed by atoms with van der Waals surface area (Å²) < 4.78 is 11.5. The second-order valence-corrected chi connectivity index (χ2v) is 8.80. The molecule has 5 rings (SSSR count). The van der Waals surface area contributed by atoms with E-state index in [1.807, 2.05) is 11.0 Å². The van der Waals surface area contributed by atoms with E-state index in [2.05, 4.69) is 4.90 Å². The monoisotopic (exact) mass is 358 g/mol. The molecule has 0 spiro atoms. The normalized spacial score (nSPS) is 31.8. The number of rotatable bonds is 3. The Morgan fingerprint density at radius 3 is 2.62 bits per heavy atom. The van der Waals surface area contributed by atoms with Gasteiger partial charge < -0.3 is 19.0 Å². The van der Waals surface area contributed by atoms with Crippen LogP contribution in [0.3, 0.4) is 0 Å². The molecule has 142 valence electrons. The predicted molar refractivity (Wildman–Crippen MR) is 98.2 cm³/mol. The SMILES string of the molecule is O=C(c1cc2c(o1)CCCC2)N1C[C@H]2CN(CC3CCCOC3)C[C@H]2C1. The summed E-state index contributed by atoms with van der Waals surface area (Å²) in [4.78, 5) is 17.6. The zero-order chi connectivity index (χ0) is 17.5. The lowest BCUT2D eigenvalue weighted by molar-refractivity contribution is 0.0401. The van der Waals surface area contributed by atoms with E-state index in [4.69, 9.17) is 9.15 Å². The highest BCUT2D eigenvalue weighted by Gasteiger charge is 2.42. The maximum absolute atomic E-state index is 12.9. The van der Waals surface area contributed by atoms with Crippen molar-refractivity contribution in [1.29, 1.82) is 0 Å². The largest absolute Gasteiger partial charge is 0.456 e. The second-order valence-electron chi connectivity index (χ2n) is 8.80. The summed E-state index contributed by atoms with van der Waals surface area (Å²) in [6.45, 7) is 7.11. The van der Waals surface area contributed by atoms with Crippen LogP contribution in [0.15, 0.2) is 10.5 Å². The molecule has 1 aromatic rings. The third-order valence-corrected chi connectivity index (χ3v) is 6.83. The van der Waals surface area contributed by atoms with Gasteiger partial charge in [-0.05, 0) is 61.5 Å². The van der Waals surface area contributed by atoms with Gasteiger partial charge in [0.2, 0.25) is 0 Å². The van der Waals surface area contributed by atoms with Crippen LogP contribution in [-0.4, -0.2) is 61.6 Å². The number of fused-ring (bicyclic) bond motifs is 2. The highest BCUT2D eigenvalue weighted by Crippen LogP contribution is 2.34. The Labute approximate surface area is 155 Å². The van der Waals surface area contributed by atoms with E-state index in [0.717, 1.165) is 58.0 Å². The summed E-state index contributed by atoms with van der Waals surface area (Å²) in [5.74, 6) is 3.71. The molecular formula is C21H30N2O3. The first-order valence-electron chi connectivity index (χ1n) is 10.5. The molecule has 3 aliphatic heterocycles. The molecule has 5 nitrogen and oxygen atoms in total. The van der Waals surface area contributed by atoms with Crippen LogP contribution in [-0.2, 0) is 17.6 Å². The number of likely N-dealkylation sites (tertiary alicyclic amines) is 2. The maximum atomic E-state index is 12.9. The van der Waals surface area contributed by atoms with Gasteiger partial charge >= 0.3 is 0 Å². The molecule has 0 radical (unpaired) electrons. The number of furan rings is 1. The van der Waals surface area contributed by atoms with E-state index < -0.39 is 0 Å². The third-order valence-electron chi connectivity index (χ3n) is 6.83. The van der Waals surface area contributed by atoms with E-state index in [9.17, 15) is 4.79 Å². The van der Waals surface area contributed by atoms with Crippen molar-refractivity contribution in [2.45, 2.75) is 38.5 Å². The average Bonchev–Trinajstić information content (AvgIpc) is 3.34. The Hall–Kier alpha value is -1.33. The quantitative estimate of drug-likeness (QED) is 0.833. The Bertz CT molecular complexity index is 627. The molecule has 1 aromatic heterocycles. The van der Waals surface area contributed by atoms with Crippen LogP contribution in [0.5, 0.6) is 0 Å². The first-order valence-corrected chi connectivity index (χ1v) is 10.5. The zero-order valence-corrected chi connectivity index (χ0v) is 15.6. The molecule has 4 aliphatic rings. The molecule has 4 heterocycles. The van der Waals surface area contributed by atoms with Crippen molar-refractivity contribution in [1.82, 2.24) is 9.80 Å². The van der Waals surface area contributed by atoms with Gasteiger partial charge in [-0.3, -0.25) is 4.79 Å². The lowest BCUT2D eigenvalue weighted by atomic mass is 9.99. The molecule has 26 heavy (non-hydrogen) atoms. The van der Waals surface area contributed by atoms with Gasteiger partial charge in [0.25, 0.3) is 5.91 Å². The Morgan fingerprint density at radius 2 is 1.88 bits per heavy atom. The van der Waals surface area contributed by atoms with Crippen LogP contribution in [0, 0.1) is 17.8 Å². The first-order chi connectivity index (χ1) is 12.8. The molecule has 0 N–H and O–H groups in total. The van der Waals surface area contributed by atoms with Gasteiger partial charge in [-0.15, -0.1) is 0 Å². The van der Waals surface area contributed by atoms with Crippen molar-refractivity contribution >= 4 is 5.91 Å². The topological polar surface area (TPSA) is 45.9 Å². The Kier molecular flexibility index (Phi) is 4.53. The van der Waals surface area contributed by atoms with Gasteiger partial charge in [-0.1, -0.05) is 0 Å². The van der Waals surface area contributed by atoms with Crippen LogP contribution >= 0.6 is 0 Å². The van der Waals surface area contributed by atoms with Crippen LogP contribution in [0.2, 0.25) is 0 Å². The fourth-order valence-electron chi connectivity index (χ4n) is 5.47. The van der Waals surface area contributed by atoms with Crippen molar-refractivity contribution in [2.75, 3.05) is 45.9 Å². The van der Waals surface area contributed by atoms with Gasteiger partial charge in [0.05, 0.1) is 6.61 Å². The van der Waals surface area contributed by atoms with Crippen LogP contribution in [0.25, 0.3) is 0 Å². The standard InChI is InChI=1S/C21H30N2O3/c24-21(20-8-16-5-1-2-6-19(16)26-20)23-12-17-10-22(11-18(17)13-23)9-15-4-3-7-25-14-15/h8,15,17-18H,1-7,9-14H2/t15?,17-,18+. The number of carbonyl (C=O) groups excluding carboxylic acids is 1. The van der Waals surface area contributed by atoms with E-state index in [-0.39, 0.29) is 5.91 Å². The van der Waals surface area contributed by atoms with E-state index in [1.54, 1.807) is 0 Å². The smallest absolute Gasteiger partial charge is 0.289 e. The first kappa shape index (κ1) is 16.8. The zero-order valence-electron chi connectivity index (χ0n) is 15.6. The van der Waals surface area contributed by atoms with Crippen LogP contribution < -0.4 is 0 Å². The van der Waals surface area contributed by atoms with E-state index in [1.165, 1.54) is 37.8 Å².